The Morgan fingerprint density at radius 1 is 1.41 bits per heavy atom. The minimum atomic E-state index is 0.539. The van der Waals surface area contributed by atoms with Crippen molar-refractivity contribution in [3.05, 3.63) is 6.20 Å². The molecule has 0 bridgehead atoms. The molecule has 0 saturated heterocycles. The fourth-order valence-corrected chi connectivity index (χ4v) is 2.37. The van der Waals surface area contributed by atoms with Crippen molar-refractivity contribution in [1.29, 1.82) is 0 Å². The number of nitrogens with zero attached hydrogens (tertiary/aromatic N) is 3. The normalized spacial score (nSPS) is 12.9. The van der Waals surface area contributed by atoms with E-state index in [9.17, 15) is 0 Å². The number of aromatic amines is 1. The zero-order valence-electron chi connectivity index (χ0n) is 10.3. The quantitative estimate of drug-likeness (QED) is 0.631. The van der Waals surface area contributed by atoms with Gasteiger partial charge in [0.05, 0.1) is 11.6 Å². The Balaban J connectivity index is 2.39. The van der Waals surface area contributed by atoms with Crippen LogP contribution in [0.25, 0.3) is 11.0 Å². The van der Waals surface area contributed by atoms with Crippen LogP contribution in [0.15, 0.2) is 11.2 Å². The molecule has 2 heterocycles. The molecular formula is C11H17N5S. The molecule has 0 spiro atoms. The van der Waals surface area contributed by atoms with Crippen molar-refractivity contribution in [2.24, 2.45) is 0 Å². The van der Waals surface area contributed by atoms with E-state index in [4.69, 9.17) is 0 Å². The third-order valence-electron chi connectivity index (χ3n) is 2.50. The maximum Gasteiger partial charge on any atom is 0.225 e. The van der Waals surface area contributed by atoms with Crippen LogP contribution in [0, 0.1) is 0 Å². The van der Waals surface area contributed by atoms with Gasteiger partial charge in [-0.1, -0.05) is 13.8 Å². The molecule has 0 amide bonds. The number of anilines is 1. The van der Waals surface area contributed by atoms with Gasteiger partial charge in [-0.2, -0.15) is 10.1 Å². The van der Waals surface area contributed by atoms with Gasteiger partial charge in [0.2, 0.25) is 5.95 Å². The van der Waals surface area contributed by atoms with Crippen molar-refractivity contribution in [2.45, 2.75) is 37.5 Å². The highest BCUT2D eigenvalue weighted by atomic mass is 32.2. The van der Waals surface area contributed by atoms with Crippen LogP contribution in [0.4, 0.5) is 5.95 Å². The SMILES string of the molecule is CCNc1nc(SC(C)CC)c2cn[nH]c2n1. The van der Waals surface area contributed by atoms with E-state index in [1.807, 2.05) is 6.92 Å². The lowest BCUT2D eigenvalue weighted by atomic mass is 10.4. The predicted molar refractivity (Wildman–Crippen MR) is 71.5 cm³/mol. The molecule has 1 atom stereocenters. The number of hydrogen-bond donors (Lipinski definition) is 2. The van der Waals surface area contributed by atoms with Crippen molar-refractivity contribution >= 4 is 28.7 Å². The number of thioether (sulfide) groups is 1. The van der Waals surface area contributed by atoms with Crippen LogP contribution in [0.2, 0.25) is 0 Å². The topological polar surface area (TPSA) is 66.5 Å². The maximum atomic E-state index is 4.53. The smallest absolute Gasteiger partial charge is 0.225 e. The maximum absolute atomic E-state index is 4.53. The Morgan fingerprint density at radius 2 is 2.24 bits per heavy atom. The second-order valence-corrected chi connectivity index (χ2v) is 5.28. The van der Waals surface area contributed by atoms with E-state index >= 15 is 0 Å². The summed E-state index contributed by atoms with van der Waals surface area (Å²) < 4.78 is 0. The van der Waals surface area contributed by atoms with E-state index in [1.54, 1.807) is 18.0 Å². The average Bonchev–Trinajstić information content (AvgIpc) is 2.77. The van der Waals surface area contributed by atoms with Gasteiger partial charge in [0, 0.05) is 11.8 Å². The van der Waals surface area contributed by atoms with Gasteiger partial charge < -0.3 is 5.32 Å². The van der Waals surface area contributed by atoms with E-state index < -0.39 is 0 Å². The van der Waals surface area contributed by atoms with Crippen LogP contribution in [0.5, 0.6) is 0 Å². The Morgan fingerprint density at radius 3 is 2.94 bits per heavy atom. The minimum Gasteiger partial charge on any atom is -0.354 e. The molecule has 2 rings (SSSR count). The summed E-state index contributed by atoms with van der Waals surface area (Å²) in [6, 6.07) is 0. The highest BCUT2D eigenvalue weighted by Gasteiger charge is 2.12. The van der Waals surface area contributed by atoms with Crippen LogP contribution < -0.4 is 5.32 Å². The zero-order chi connectivity index (χ0) is 12.3. The molecule has 0 saturated carbocycles. The van der Waals surface area contributed by atoms with Crippen LogP contribution in [-0.2, 0) is 0 Å². The summed E-state index contributed by atoms with van der Waals surface area (Å²) in [4.78, 5) is 8.90. The largest absolute Gasteiger partial charge is 0.354 e. The Bertz CT molecular complexity index is 496. The van der Waals surface area contributed by atoms with E-state index in [2.05, 4.69) is 39.3 Å². The lowest BCUT2D eigenvalue weighted by Crippen LogP contribution is -2.04. The second-order valence-electron chi connectivity index (χ2n) is 3.85. The van der Waals surface area contributed by atoms with E-state index in [0.29, 0.717) is 11.2 Å². The molecule has 1 unspecified atom stereocenters. The first-order valence-corrected chi connectivity index (χ1v) is 6.74. The standard InChI is InChI=1S/C11H17N5S/c1-4-7(3)17-10-8-6-13-16-9(8)14-11(15-10)12-5-2/h6-7H,4-5H2,1-3H3,(H2,12,13,14,15,16). The molecule has 0 fully saturated rings. The number of hydrogen-bond acceptors (Lipinski definition) is 5. The average molecular weight is 251 g/mol. The molecule has 0 aliphatic carbocycles. The number of rotatable bonds is 5. The summed E-state index contributed by atoms with van der Waals surface area (Å²) in [5.74, 6) is 0.662. The van der Waals surface area contributed by atoms with Gasteiger partial charge in [-0.05, 0) is 13.3 Å². The van der Waals surface area contributed by atoms with Crippen molar-refractivity contribution in [2.75, 3.05) is 11.9 Å². The van der Waals surface area contributed by atoms with Gasteiger partial charge in [-0.25, -0.2) is 4.98 Å². The molecule has 0 radical (unpaired) electrons. The summed E-state index contributed by atoms with van der Waals surface area (Å²) in [7, 11) is 0. The first-order valence-electron chi connectivity index (χ1n) is 5.86. The third kappa shape index (κ3) is 2.69. The highest BCUT2D eigenvalue weighted by molar-refractivity contribution is 8.00. The lowest BCUT2D eigenvalue weighted by Gasteiger charge is -2.09. The first kappa shape index (κ1) is 12.2. The van der Waals surface area contributed by atoms with E-state index in [1.165, 1.54) is 0 Å². The summed E-state index contributed by atoms with van der Waals surface area (Å²) in [5.41, 5.74) is 0.793. The van der Waals surface area contributed by atoms with Gasteiger partial charge in [0.1, 0.15) is 5.03 Å². The van der Waals surface area contributed by atoms with Crippen molar-refractivity contribution in [1.82, 2.24) is 20.2 Å². The molecular weight excluding hydrogens is 234 g/mol. The molecule has 92 valence electrons. The van der Waals surface area contributed by atoms with Crippen LogP contribution in [0.3, 0.4) is 0 Å². The minimum absolute atomic E-state index is 0.539. The Kier molecular flexibility index (Phi) is 3.83. The third-order valence-corrected chi connectivity index (χ3v) is 3.77. The Hall–Kier alpha value is -1.30. The zero-order valence-corrected chi connectivity index (χ0v) is 11.1. The van der Waals surface area contributed by atoms with E-state index in [-0.39, 0.29) is 0 Å². The van der Waals surface area contributed by atoms with E-state index in [0.717, 1.165) is 29.0 Å². The highest BCUT2D eigenvalue weighted by Crippen LogP contribution is 2.29. The number of H-pyrrole nitrogens is 1. The van der Waals surface area contributed by atoms with Gasteiger partial charge in [-0.15, -0.1) is 11.8 Å². The first-order chi connectivity index (χ1) is 8.24. The second kappa shape index (κ2) is 5.35. The van der Waals surface area contributed by atoms with Crippen LogP contribution in [-0.4, -0.2) is 32.0 Å². The lowest BCUT2D eigenvalue weighted by molar-refractivity contribution is 0.901. The van der Waals surface area contributed by atoms with Gasteiger partial charge in [-0.3, -0.25) is 5.10 Å². The Labute approximate surface area is 105 Å². The van der Waals surface area contributed by atoms with Crippen molar-refractivity contribution < 1.29 is 0 Å². The van der Waals surface area contributed by atoms with Gasteiger partial charge >= 0.3 is 0 Å². The molecule has 2 N–H and O–H groups in total. The summed E-state index contributed by atoms with van der Waals surface area (Å²) in [5, 5.41) is 12.6. The summed E-state index contributed by atoms with van der Waals surface area (Å²) >= 11 is 1.77. The molecule has 2 aromatic rings. The molecule has 0 aliphatic heterocycles. The van der Waals surface area contributed by atoms with Gasteiger partial charge in [0.25, 0.3) is 0 Å². The number of aromatic nitrogens is 4. The monoisotopic (exact) mass is 251 g/mol. The van der Waals surface area contributed by atoms with Crippen molar-refractivity contribution in [3.8, 4) is 0 Å². The molecule has 5 nitrogen and oxygen atoms in total. The summed E-state index contributed by atoms with van der Waals surface area (Å²) in [6.45, 7) is 7.22. The summed E-state index contributed by atoms with van der Waals surface area (Å²) in [6.07, 6.45) is 2.90. The molecule has 0 aromatic carbocycles. The van der Waals surface area contributed by atoms with Crippen molar-refractivity contribution in [3.63, 3.8) is 0 Å². The van der Waals surface area contributed by atoms with Gasteiger partial charge in [0.15, 0.2) is 5.65 Å². The fraction of sp³-hybridized carbons (Fsp3) is 0.545. The molecule has 2 aromatic heterocycles. The molecule has 6 heteroatoms. The van der Waals surface area contributed by atoms with Crippen LogP contribution in [0.1, 0.15) is 27.2 Å². The molecule has 17 heavy (non-hydrogen) atoms. The fourth-order valence-electron chi connectivity index (χ4n) is 1.41. The van der Waals surface area contributed by atoms with Crippen LogP contribution >= 0.6 is 11.8 Å². The predicted octanol–water partition coefficient (Wildman–Crippen LogP) is 2.68. The molecule has 0 aliphatic rings. The number of nitrogens with one attached hydrogen (secondary N) is 2. The number of fused-ring (bicyclic) bond motifs is 1.